The van der Waals surface area contributed by atoms with Gasteiger partial charge in [0, 0.05) is 7.41 Å². The SMILES string of the molecule is [2H][C@@H](C(=O)O)[C@@H](N)c1ccccc1. The van der Waals surface area contributed by atoms with Crippen LogP contribution in [-0.2, 0) is 4.79 Å². The highest BCUT2D eigenvalue weighted by atomic mass is 16.4. The molecule has 0 aliphatic rings. The van der Waals surface area contributed by atoms with Crippen LogP contribution >= 0.6 is 0 Å². The summed E-state index contributed by atoms with van der Waals surface area (Å²) in [5.74, 6) is -1.20. The van der Waals surface area contributed by atoms with Crippen LogP contribution in [-0.4, -0.2) is 11.1 Å². The summed E-state index contributed by atoms with van der Waals surface area (Å²) in [7, 11) is 0. The third-order valence-corrected chi connectivity index (χ3v) is 1.51. The van der Waals surface area contributed by atoms with E-state index in [-0.39, 0.29) is 0 Å². The van der Waals surface area contributed by atoms with Gasteiger partial charge in [0.15, 0.2) is 0 Å². The van der Waals surface area contributed by atoms with Gasteiger partial charge in [-0.3, -0.25) is 4.79 Å². The third-order valence-electron chi connectivity index (χ3n) is 1.51. The van der Waals surface area contributed by atoms with Crippen molar-refractivity contribution in [3.8, 4) is 0 Å². The summed E-state index contributed by atoms with van der Waals surface area (Å²) in [5, 5.41) is 8.55. The summed E-state index contributed by atoms with van der Waals surface area (Å²) >= 11 is 0. The fraction of sp³-hybridized carbons (Fsp3) is 0.222. The maximum Gasteiger partial charge on any atom is 0.305 e. The van der Waals surface area contributed by atoms with Gasteiger partial charge in [0.2, 0.25) is 0 Å². The van der Waals surface area contributed by atoms with Crippen LogP contribution in [0.1, 0.15) is 19.4 Å². The van der Waals surface area contributed by atoms with E-state index in [0.29, 0.717) is 5.56 Å². The Balaban J connectivity index is 2.79. The van der Waals surface area contributed by atoms with Crippen LogP contribution < -0.4 is 5.73 Å². The van der Waals surface area contributed by atoms with Crippen LogP contribution in [0.2, 0.25) is 0 Å². The molecule has 3 nitrogen and oxygen atoms in total. The first-order valence-corrected chi connectivity index (χ1v) is 3.58. The monoisotopic (exact) mass is 166 g/mol. The molecule has 1 aromatic carbocycles. The van der Waals surface area contributed by atoms with Gasteiger partial charge in [-0.15, -0.1) is 0 Å². The van der Waals surface area contributed by atoms with Gasteiger partial charge >= 0.3 is 5.97 Å². The van der Waals surface area contributed by atoms with Crippen molar-refractivity contribution >= 4 is 5.97 Å². The fourth-order valence-corrected chi connectivity index (χ4v) is 0.925. The number of hydrogen-bond donors (Lipinski definition) is 2. The van der Waals surface area contributed by atoms with Crippen molar-refractivity contribution in [3.05, 3.63) is 35.9 Å². The predicted octanol–water partition coefficient (Wildman–Crippen LogP) is 1.16. The summed E-state index contributed by atoms with van der Waals surface area (Å²) in [6, 6.07) is 8.02. The Labute approximate surface area is 72.2 Å². The Hall–Kier alpha value is -1.35. The highest BCUT2D eigenvalue weighted by Gasteiger charge is 2.08. The molecule has 0 spiro atoms. The maximum absolute atomic E-state index is 10.4. The highest BCUT2D eigenvalue weighted by Crippen LogP contribution is 2.12. The molecule has 0 radical (unpaired) electrons. The number of carbonyl (C=O) groups is 1. The third kappa shape index (κ3) is 2.36. The Morgan fingerprint density at radius 3 is 2.67 bits per heavy atom. The topological polar surface area (TPSA) is 63.3 Å². The van der Waals surface area contributed by atoms with Crippen LogP contribution in [0.3, 0.4) is 0 Å². The van der Waals surface area contributed by atoms with Crippen molar-refractivity contribution < 1.29 is 11.3 Å². The Morgan fingerprint density at radius 2 is 2.17 bits per heavy atom. The van der Waals surface area contributed by atoms with Crippen molar-refractivity contribution in [1.82, 2.24) is 0 Å². The molecule has 0 aromatic heterocycles. The molecule has 0 bridgehead atoms. The highest BCUT2D eigenvalue weighted by molar-refractivity contribution is 5.67. The number of benzene rings is 1. The molecule has 1 rings (SSSR count). The van der Waals surface area contributed by atoms with E-state index in [1.807, 2.05) is 6.07 Å². The number of hydrogen-bond acceptors (Lipinski definition) is 2. The zero-order valence-corrected chi connectivity index (χ0v) is 6.47. The summed E-state index contributed by atoms with van der Waals surface area (Å²) in [6.07, 6.45) is -1.30. The van der Waals surface area contributed by atoms with Gasteiger partial charge in [-0.2, -0.15) is 0 Å². The number of rotatable bonds is 3. The number of nitrogens with two attached hydrogens (primary N) is 1. The van der Waals surface area contributed by atoms with Gasteiger partial charge in [0.25, 0.3) is 0 Å². The maximum atomic E-state index is 10.4. The van der Waals surface area contributed by atoms with E-state index in [4.69, 9.17) is 12.2 Å². The Morgan fingerprint density at radius 1 is 1.58 bits per heavy atom. The zero-order chi connectivity index (χ0) is 9.84. The van der Waals surface area contributed by atoms with Crippen LogP contribution in [0, 0.1) is 0 Å². The number of aliphatic carboxylic acids is 1. The molecule has 0 amide bonds. The molecule has 64 valence electrons. The van der Waals surface area contributed by atoms with Crippen molar-refractivity contribution in [3.63, 3.8) is 0 Å². The fourth-order valence-electron chi connectivity index (χ4n) is 0.925. The lowest BCUT2D eigenvalue weighted by Gasteiger charge is -2.07. The molecule has 0 fully saturated rings. The van der Waals surface area contributed by atoms with E-state index < -0.39 is 18.4 Å². The molecule has 0 saturated heterocycles. The van der Waals surface area contributed by atoms with Gasteiger partial charge in [-0.25, -0.2) is 0 Å². The molecule has 3 N–H and O–H groups in total. The van der Waals surface area contributed by atoms with Gasteiger partial charge in [-0.1, -0.05) is 30.3 Å². The Kier molecular flexibility index (Phi) is 2.36. The van der Waals surface area contributed by atoms with E-state index in [1.165, 1.54) is 0 Å². The minimum Gasteiger partial charge on any atom is -0.481 e. The second-order valence-electron chi connectivity index (χ2n) is 2.44. The normalized spacial score (nSPS) is 16.2. The van der Waals surface area contributed by atoms with Crippen LogP contribution in [0.25, 0.3) is 0 Å². The molecule has 0 heterocycles. The first-order valence-electron chi connectivity index (χ1n) is 4.16. The first-order chi connectivity index (χ1) is 6.13. The van der Waals surface area contributed by atoms with Crippen molar-refractivity contribution in [2.24, 2.45) is 5.73 Å². The van der Waals surface area contributed by atoms with Gasteiger partial charge in [0.1, 0.15) is 0 Å². The second-order valence-corrected chi connectivity index (χ2v) is 2.44. The van der Waals surface area contributed by atoms with Gasteiger partial charge < -0.3 is 10.8 Å². The lowest BCUT2D eigenvalue weighted by molar-refractivity contribution is -0.137. The molecule has 0 aliphatic heterocycles. The average molecular weight is 166 g/mol. The van der Waals surface area contributed by atoms with Gasteiger partial charge in [-0.05, 0) is 5.56 Å². The number of carboxylic acids is 1. The van der Waals surface area contributed by atoms with E-state index in [9.17, 15) is 4.79 Å². The molecule has 2 atom stereocenters. The van der Waals surface area contributed by atoms with Crippen LogP contribution in [0.5, 0.6) is 0 Å². The number of carboxylic acid groups (broad SMARTS) is 1. The lowest BCUT2D eigenvalue weighted by atomic mass is 10.1. The standard InChI is InChI=1S/C9H11NO2/c10-8(6-9(11)12)7-4-2-1-3-5-7/h1-5,8H,6,10H2,(H,11,12)/t8-/m1/s1/i6D/t6-,8-. The summed E-state index contributed by atoms with van der Waals surface area (Å²) in [6.45, 7) is 0. The predicted molar refractivity (Wildman–Crippen MR) is 45.6 cm³/mol. The van der Waals surface area contributed by atoms with E-state index in [2.05, 4.69) is 0 Å². The molecular weight excluding hydrogens is 154 g/mol. The second kappa shape index (κ2) is 3.88. The molecule has 12 heavy (non-hydrogen) atoms. The molecule has 3 heteroatoms. The van der Waals surface area contributed by atoms with Crippen LogP contribution in [0.15, 0.2) is 30.3 Å². The zero-order valence-electron chi connectivity index (χ0n) is 7.47. The smallest absolute Gasteiger partial charge is 0.305 e. The summed E-state index contributed by atoms with van der Waals surface area (Å²) in [4.78, 5) is 10.4. The van der Waals surface area contributed by atoms with E-state index in [1.54, 1.807) is 24.3 Å². The summed E-state index contributed by atoms with van der Waals surface area (Å²) in [5.41, 5.74) is 6.24. The van der Waals surface area contributed by atoms with Crippen LogP contribution in [0.4, 0.5) is 0 Å². The summed E-state index contributed by atoms with van der Waals surface area (Å²) < 4.78 is 7.25. The van der Waals surface area contributed by atoms with Gasteiger partial charge in [0.05, 0.1) is 6.40 Å². The minimum absolute atomic E-state index is 0.671. The molecule has 0 aliphatic carbocycles. The van der Waals surface area contributed by atoms with E-state index in [0.717, 1.165) is 0 Å². The molecule has 1 aromatic rings. The van der Waals surface area contributed by atoms with Crippen molar-refractivity contribution in [1.29, 1.82) is 0 Å². The lowest BCUT2D eigenvalue weighted by Crippen LogP contribution is -2.14. The average Bonchev–Trinajstić information content (AvgIpc) is 2.17. The first kappa shape index (κ1) is 7.31. The molecular formula is C9H11NO2. The van der Waals surface area contributed by atoms with E-state index >= 15 is 0 Å². The molecule has 0 unspecified atom stereocenters. The minimum atomic E-state index is -1.30. The molecule has 0 saturated carbocycles. The van der Waals surface area contributed by atoms with Crippen molar-refractivity contribution in [2.75, 3.05) is 0 Å². The largest absolute Gasteiger partial charge is 0.481 e. The quantitative estimate of drug-likeness (QED) is 0.708. The van der Waals surface area contributed by atoms with Crippen molar-refractivity contribution in [2.45, 2.75) is 12.4 Å². The Bertz CT molecular complexity index is 289.